The molecule has 1 aliphatic carbocycles. The van der Waals surface area contributed by atoms with E-state index in [2.05, 4.69) is 25.5 Å². The minimum Gasteiger partial charge on any atom is -0.324 e. The fraction of sp³-hybridized carbons (Fsp3) is 0.600. The predicted octanol–water partition coefficient (Wildman–Crippen LogP) is 2.57. The molecule has 0 spiro atoms. The average molecular weight is 333 g/mol. The number of benzene rings is 1. The molecule has 0 heterocycles. The maximum atomic E-state index is 12.2. The first-order chi connectivity index (χ1) is 9.12. The van der Waals surface area contributed by atoms with E-state index in [1.54, 1.807) is 12.1 Å². The monoisotopic (exact) mass is 332 g/mol. The Morgan fingerprint density at radius 1 is 1.19 bits per heavy atom. The van der Waals surface area contributed by atoms with Crippen LogP contribution in [0.1, 0.15) is 45.6 Å². The average Bonchev–Trinajstić information content (AvgIpc) is 2.33. The predicted molar refractivity (Wildman–Crippen MR) is 88.3 cm³/mol. The zero-order valence-corrected chi connectivity index (χ0v) is 14.5. The number of hydrogen-bond donors (Lipinski definition) is 2. The minimum atomic E-state index is -3.46. The van der Waals surface area contributed by atoms with Crippen LogP contribution in [0.4, 0.5) is 0 Å². The molecule has 0 bridgehead atoms. The minimum absolute atomic E-state index is 0. The summed E-state index contributed by atoms with van der Waals surface area (Å²) in [5.41, 5.74) is 6.83. The summed E-state index contributed by atoms with van der Waals surface area (Å²) < 4.78 is 27.0. The highest BCUT2D eigenvalue weighted by atomic mass is 35.5. The third-order valence-corrected chi connectivity index (χ3v) is 5.41. The molecule has 0 amide bonds. The van der Waals surface area contributed by atoms with E-state index in [1.165, 1.54) is 0 Å². The van der Waals surface area contributed by atoms with E-state index >= 15 is 0 Å². The van der Waals surface area contributed by atoms with Gasteiger partial charge in [0.05, 0.1) is 4.90 Å². The fourth-order valence-corrected chi connectivity index (χ4v) is 3.40. The van der Waals surface area contributed by atoms with Gasteiger partial charge in [-0.25, -0.2) is 13.1 Å². The Morgan fingerprint density at radius 3 is 2.10 bits per heavy atom. The summed E-state index contributed by atoms with van der Waals surface area (Å²) in [5, 5.41) is 0. The van der Waals surface area contributed by atoms with Crippen LogP contribution in [0.3, 0.4) is 0 Å². The van der Waals surface area contributed by atoms with Crippen molar-refractivity contribution in [3.63, 3.8) is 0 Å². The second-order valence-corrected chi connectivity index (χ2v) is 8.58. The van der Waals surface area contributed by atoms with Gasteiger partial charge in [0.25, 0.3) is 0 Å². The third kappa shape index (κ3) is 4.42. The van der Waals surface area contributed by atoms with Crippen LogP contribution in [-0.2, 0) is 15.4 Å². The van der Waals surface area contributed by atoms with Crippen molar-refractivity contribution < 1.29 is 8.42 Å². The molecule has 4 nitrogen and oxygen atoms in total. The molecule has 1 aromatic rings. The van der Waals surface area contributed by atoms with Gasteiger partial charge in [-0.05, 0) is 42.4 Å². The first kappa shape index (κ1) is 18.4. The molecule has 2 rings (SSSR count). The van der Waals surface area contributed by atoms with Crippen molar-refractivity contribution >= 4 is 22.4 Å². The Kier molecular flexibility index (Phi) is 5.48. The fourth-order valence-electron chi connectivity index (χ4n) is 2.26. The summed E-state index contributed by atoms with van der Waals surface area (Å²) in [4.78, 5) is 0.299. The van der Waals surface area contributed by atoms with Crippen LogP contribution in [0.25, 0.3) is 0 Å². The maximum Gasteiger partial charge on any atom is 0.240 e. The van der Waals surface area contributed by atoms with Gasteiger partial charge in [0, 0.05) is 12.1 Å². The van der Waals surface area contributed by atoms with Crippen molar-refractivity contribution in [3.05, 3.63) is 29.8 Å². The van der Waals surface area contributed by atoms with Crippen LogP contribution in [0.5, 0.6) is 0 Å². The first-order valence-corrected chi connectivity index (χ1v) is 8.50. The van der Waals surface area contributed by atoms with E-state index in [9.17, 15) is 8.42 Å². The molecule has 3 N–H and O–H groups in total. The zero-order chi connectivity index (χ0) is 15.0. The molecule has 0 aromatic heterocycles. The van der Waals surface area contributed by atoms with Crippen molar-refractivity contribution in [1.29, 1.82) is 0 Å². The van der Waals surface area contributed by atoms with E-state index in [0.717, 1.165) is 24.8 Å². The standard InChI is InChI=1S/C15H24N2O2S.ClH/c1-14(2,3)12-5-7-13(8-6-12)20(18,19)17-11-15(16)9-4-10-15;/h5-8,17H,4,9-11,16H2,1-3H3;1H. The lowest BCUT2D eigenvalue weighted by molar-refractivity contribution is 0.251. The summed E-state index contributed by atoms with van der Waals surface area (Å²) in [6.45, 7) is 6.62. The van der Waals surface area contributed by atoms with Crippen molar-refractivity contribution in [1.82, 2.24) is 4.72 Å². The number of nitrogens with one attached hydrogen (secondary N) is 1. The lowest BCUT2D eigenvalue weighted by Gasteiger charge is -2.38. The number of hydrogen-bond acceptors (Lipinski definition) is 3. The van der Waals surface area contributed by atoms with Crippen LogP contribution < -0.4 is 10.5 Å². The molecule has 120 valence electrons. The van der Waals surface area contributed by atoms with Crippen molar-refractivity contribution in [2.75, 3.05) is 6.54 Å². The van der Waals surface area contributed by atoms with Crippen molar-refractivity contribution in [2.24, 2.45) is 5.73 Å². The second-order valence-electron chi connectivity index (χ2n) is 6.81. The molecule has 1 saturated carbocycles. The molecule has 0 atom stereocenters. The van der Waals surface area contributed by atoms with E-state index in [0.29, 0.717) is 11.4 Å². The van der Waals surface area contributed by atoms with Crippen LogP contribution in [0.2, 0.25) is 0 Å². The van der Waals surface area contributed by atoms with Gasteiger partial charge in [-0.15, -0.1) is 12.4 Å². The summed E-state index contributed by atoms with van der Waals surface area (Å²) in [6.07, 6.45) is 2.86. The molecule has 1 aromatic carbocycles. The quantitative estimate of drug-likeness (QED) is 0.890. The summed E-state index contributed by atoms with van der Waals surface area (Å²) >= 11 is 0. The van der Waals surface area contributed by atoms with Crippen LogP contribution in [0.15, 0.2) is 29.2 Å². The number of nitrogens with two attached hydrogens (primary N) is 1. The highest BCUT2D eigenvalue weighted by Gasteiger charge is 2.33. The highest BCUT2D eigenvalue weighted by Crippen LogP contribution is 2.29. The van der Waals surface area contributed by atoms with Gasteiger partial charge in [0.15, 0.2) is 0 Å². The molecule has 0 radical (unpaired) electrons. The van der Waals surface area contributed by atoms with E-state index < -0.39 is 10.0 Å². The van der Waals surface area contributed by atoms with Crippen LogP contribution >= 0.6 is 12.4 Å². The van der Waals surface area contributed by atoms with Gasteiger partial charge < -0.3 is 5.73 Å². The normalized spacial score (nSPS) is 17.7. The lowest BCUT2D eigenvalue weighted by atomic mass is 9.78. The van der Waals surface area contributed by atoms with E-state index in [-0.39, 0.29) is 23.4 Å². The van der Waals surface area contributed by atoms with E-state index in [1.807, 2.05) is 12.1 Å². The number of halogens is 1. The number of sulfonamides is 1. The molecule has 0 unspecified atom stereocenters. The molecule has 6 heteroatoms. The van der Waals surface area contributed by atoms with Gasteiger partial charge >= 0.3 is 0 Å². The molecular formula is C15H25ClN2O2S. The molecule has 0 aliphatic heterocycles. The third-order valence-electron chi connectivity index (χ3n) is 3.99. The SMILES string of the molecule is CC(C)(C)c1ccc(S(=O)(=O)NCC2(N)CCC2)cc1.Cl. The maximum absolute atomic E-state index is 12.2. The van der Waals surface area contributed by atoms with Gasteiger partial charge in [0.2, 0.25) is 10.0 Å². The summed E-state index contributed by atoms with van der Waals surface area (Å²) in [5.74, 6) is 0. The Hall–Kier alpha value is -0.620. The molecule has 1 aliphatic rings. The van der Waals surface area contributed by atoms with Gasteiger partial charge in [-0.2, -0.15) is 0 Å². The molecule has 21 heavy (non-hydrogen) atoms. The smallest absolute Gasteiger partial charge is 0.240 e. The van der Waals surface area contributed by atoms with E-state index in [4.69, 9.17) is 5.73 Å². The summed E-state index contributed by atoms with van der Waals surface area (Å²) in [7, 11) is -3.46. The van der Waals surface area contributed by atoms with Gasteiger partial charge in [0.1, 0.15) is 0 Å². The topological polar surface area (TPSA) is 72.2 Å². The molecule has 0 saturated heterocycles. The summed E-state index contributed by atoms with van der Waals surface area (Å²) in [6, 6.07) is 7.06. The first-order valence-electron chi connectivity index (χ1n) is 7.02. The molecule has 1 fully saturated rings. The Balaban J connectivity index is 0.00000220. The van der Waals surface area contributed by atoms with Crippen molar-refractivity contribution in [2.45, 2.75) is 55.9 Å². The Labute approximate surface area is 134 Å². The van der Waals surface area contributed by atoms with Gasteiger partial charge in [-0.3, -0.25) is 0 Å². The Bertz CT molecular complexity index is 573. The Morgan fingerprint density at radius 2 is 1.71 bits per heavy atom. The highest BCUT2D eigenvalue weighted by molar-refractivity contribution is 7.89. The van der Waals surface area contributed by atoms with Crippen LogP contribution in [0, 0.1) is 0 Å². The molecular weight excluding hydrogens is 308 g/mol. The van der Waals surface area contributed by atoms with Crippen molar-refractivity contribution in [3.8, 4) is 0 Å². The van der Waals surface area contributed by atoms with Gasteiger partial charge in [-0.1, -0.05) is 32.9 Å². The second kappa shape index (κ2) is 6.24. The number of rotatable bonds is 4. The zero-order valence-electron chi connectivity index (χ0n) is 12.8. The largest absolute Gasteiger partial charge is 0.324 e. The van der Waals surface area contributed by atoms with Crippen LogP contribution in [-0.4, -0.2) is 20.5 Å². The lowest BCUT2D eigenvalue weighted by Crippen LogP contribution is -2.54.